The second-order valence-corrected chi connectivity index (χ2v) is 2.82. The van der Waals surface area contributed by atoms with Crippen LogP contribution in [0, 0.1) is 0 Å². The predicted octanol–water partition coefficient (Wildman–Crippen LogP) is 1.26. The van der Waals surface area contributed by atoms with E-state index >= 15 is 0 Å². The van der Waals surface area contributed by atoms with Gasteiger partial charge in [0.05, 0.1) is 6.54 Å². The molecule has 0 unspecified atom stereocenters. The van der Waals surface area contributed by atoms with Crippen LogP contribution in [0.3, 0.4) is 0 Å². The van der Waals surface area contributed by atoms with Gasteiger partial charge in [-0.1, -0.05) is 24.8 Å². The smallest absolute Gasteiger partial charge is 0.195 e. The molecule has 2 N–H and O–H groups in total. The molecule has 0 fully saturated rings. The topological polar surface area (TPSA) is 41.6 Å². The Morgan fingerprint density at radius 2 is 2.38 bits per heavy atom. The summed E-state index contributed by atoms with van der Waals surface area (Å²) in [5, 5.41) is 0. The maximum absolute atomic E-state index is 5.67. The number of nitrogens with two attached hydrogens (primary N) is 1. The highest BCUT2D eigenvalue weighted by atomic mass is 15.3. The molecule has 0 spiro atoms. The fourth-order valence-electron chi connectivity index (χ4n) is 1.18. The lowest BCUT2D eigenvalue weighted by Gasteiger charge is -2.17. The van der Waals surface area contributed by atoms with Crippen LogP contribution in [0.2, 0.25) is 0 Å². The number of hydrogen-bond donors (Lipinski definition) is 1. The van der Waals surface area contributed by atoms with Crippen LogP contribution in [-0.4, -0.2) is 23.9 Å². The quantitative estimate of drug-likeness (QED) is 0.659. The summed E-state index contributed by atoms with van der Waals surface area (Å²) >= 11 is 0. The van der Waals surface area contributed by atoms with Gasteiger partial charge in [-0.05, 0) is 13.0 Å². The van der Waals surface area contributed by atoms with Gasteiger partial charge in [-0.15, -0.1) is 0 Å². The Bertz CT molecular complexity index is 274. The van der Waals surface area contributed by atoms with Crippen molar-refractivity contribution in [2.45, 2.75) is 6.92 Å². The molecule has 0 saturated carbocycles. The first kappa shape index (κ1) is 9.58. The summed E-state index contributed by atoms with van der Waals surface area (Å²) in [6.07, 6.45) is 7.56. The number of guanidine groups is 1. The Labute approximate surface area is 78.9 Å². The van der Waals surface area contributed by atoms with Crippen molar-refractivity contribution in [3.63, 3.8) is 0 Å². The van der Waals surface area contributed by atoms with Gasteiger partial charge in [0.2, 0.25) is 0 Å². The highest BCUT2D eigenvalue weighted by molar-refractivity contribution is 5.81. The average molecular weight is 177 g/mol. The molecule has 0 aromatic heterocycles. The van der Waals surface area contributed by atoms with Crippen molar-refractivity contribution < 1.29 is 0 Å². The molecule has 0 aromatic carbocycles. The predicted molar refractivity (Wildman–Crippen MR) is 56.3 cm³/mol. The van der Waals surface area contributed by atoms with Crippen molar-refractivity contribution >= 4 is 5.96 Å². The van der Waals surface area contributed by atoms with Gasteiger partial charge in [-0.25, -0.2) is 0 Å². The molecule has 0 aliphatic carbocycles. The monoisotopic (exact) mass is 177 g/mol. The molecule has 1 aliphatic rings. The molecule has 0 radical (unpaired) electrons. The summed E-state index contributed by atoms with van der Waals surface area (Å²) in [6, 6.07) is 0. The average Bonchev–Trinajstić information content (AvgIpc) is 2.52. The lowest BCUT2D eigenvalue weighted by atomic mass is 10.3. The Hall–Kier alpha value is -1.51. The van der Waals surface area contributed by atoms with Crippen LogP contribution < -0.4 is 5.73 Å². The minimum absolute atomic E-state index is 0.612. The lowest BCUT2D eigenvalue weighted by molar-refractivity contribution is 0.557. The van der Waals surface area contributed by atoms with Crippen molar-refractivity contribution in [3.05, 3.63) is 36.6 Å². The summed E-state index contributed by atoms with van der Waals surface area (Å²) in [5.74, 6) is 0.612. The molecule has 3 heteroatoms. The van der Waals surface area contributed by atoms with Crippen LogP contribution in [0.25, 0.3) is 0 Å². The Morgan fingerprint density at radius 1 is 1.62 bits per heavy atom. The molecular weight excluding hydrogens is 162 g/mol. The van der Waals surface area contributed by atoms with Crippen LogP contribution in [0.15, 0.2) is 41.6 Å². The van der Waals surface area contributed by atoms with Gasteiger partial charge < -0.3 is 10.6 Å². The van der Waals surface area contributed by atoms with Gasteiger partial charge in [0.1, 0.15) is 0 Å². The van der Waals surface area contributed by atoms with Gasteiger partial charge in [-0.3, -0.25) is 4.99 Å². The lowest BCUT2D eigenvalue weighted by Crippen LogP contribution is -2.32. The van der Waals surface area contributed by atoms with Crippen LogP contribution in [0.4, 0.5) is 0 Å². The molecule has 70 valence electrons. The van der Waals surface area contributed by atoms with Crippen LogP contribution in [0.1, 0.15) is 6.92 Å². The number of hydrogen-bond acceptors (Lipinski definition) is 3. The zero-order valence-electron chi connectivity index (χ0n) is 7.90. The second kappa shape index (κ2) is 4.50. The maximum atomic E-state index is 5.67. The van der Waals surface area contributed by atoms with Crippen LogP contribution in [0.5, 0.6) is 0 Å². The summed E-state index contributed by atoms with van der Waals surface area (Å²) in [6.45, 7) is 7.29. The van der Waals surface area contributed by atoms with E-state index < -0.39 is 0 Å². The van der Waals surface area contributed by atoms with Crippen molar-refractivity contribution in [2.24, 2.45) is 10.7 Å². The van der Waals surface area contributed by atoms with Crippen molar-refractivity contribution in [1.29, 1.82) is 0 Å². The molecule has 0 atom stereocenters. The van der Waals surface area contributed by atoms with Gasteiger partial charge in [0, 0.05) is 12.2 Å². The van der Waals surface area contributed by atoms with E-state index in [1.807, 2.05) is 30.1 Å². The standard InChI is InChI=1S/C10H15N3/c1-3-4-5-6-9(2)13-8-7-12-10(13)11/h3-6H,1,7-8H2,2H3,(H2,11,12)/b5-4-,9-6+. The summed E-state index contributed by atoms with van der Waals surface area (Å²) in [4.78, 5) is 6.10. The van der Waals surface area contributed by atoms with E-state index in [-0.39, 0.29) is 0 Å². The molecule has 1 aliphatic heterocycles. The molecule has 1 heterocycles. The second-order valence-electron chi connectivity index (χ2n) is 2.82. The molecule has 0 aromatic rings. The third-order valence-corrected chi connectivity index (χ3v) is 1.88. The normalized spacial score (nSPS) is 18.1. The van der Waals surface area contributed by atoms with Crippen LogP contribution in [-0.2, 0) is 0 Å². The first-order valence-electron chi connectivity index (χ1n) is 4.29. The molecule has 13 heavy (non-hydrogen) atoms. The number of rotatable bonds is 3. The Morgan fingerprint density at radius 3 is 2.92 bits per heavy atom. The van der Waals surface area contributed by atoms with Gasteiger partial charge >= 0.3 is 0 Å². The Kier molecular flexibility index (Phi) is 3.31. The van der Waals surface area contributed by atoms with Gasteiger partial charge in [0.25, 0.3) is 0 Å². The molecule has 1 rings (SSSR count). The summed E-state index contributed by atoms with van der Waals surface area (Å²) in [5.41, 5.74) is 6.78. The van der Waals surface area contributed by atoms with E-state index in [0.717, 1.165) is 18.8 Å². The van der Waals surface area contributed by atoms with Crippen molar-refractivity contribution in [3.8, 4) is 0 Å². The molecule has 0 saturated heterocycles. The highest BCUT2D eigenvalue weighted by Gasteiger charge is 2.13. The van der Waals surface area contributed by atoms with E-state index in [1.165, 1.54) is 0 Å². The fourth-order valence-corrected chi connectivity index (χ4v) is 1.18. The first-order valence-corrected chi connectivity index (χ1v) is 4.29. The van der Waals surface area contributed by atoms with E-state index in [9.17, 15) is 0 Å². The number of nitrogens with zero attached hydrogens (tertiary/aromatic N) is 2. The fraction of sp³-hybridized carbons (Fsp3) is 0.300. The molecule has 0 bridgehead atoms. The summed E-state index contributed by atoms with van der Waals surface area (Å²) < 4.78 is 0. The van der Waals surface area contributed by atoms with Crippen LogP contribution >= 0.6 is 0 Å². The van der Waals surface area contributed by atoms with E-state index in [4.69, 9.17) is 5.73 Å². The van der Waals surface area contributed by atoms with E-state index in [0.29, 0.717) is 5.96 Å². The Balaban J connectivity index is 2.61. The number of aliphatic imine (C=N–C) groups is 1. The minimum Gasteiger partial charge on any atom is -0.370 e. The van der Waals surface area contributed by atoms with E-state index in [1.54, 1.807) is 6.08 Å². The van der Waals surface area contributed by atoms with Crippen molar-refractivity contribution in [1.82, 2.24) is 4.90 Å². The largest absolute Gasteiger partial charge is 0.370 e. The third kappa shape index (κ3) is 2.47. The molecule has 0 amide bonds. The summed E-state index contributed by atoms with van der Waals surface area (Å²) in [7, 11) is 0. The SMILES string of the molecule is C=C/C=C\C=C(/C)N1CCN=C1N. The van der Waals surface area contributed by atoms with Gasteiger partial charge in [0.15, 0.2) is 5.96 Å². The maximum Gasteiger partial charge on any atom is 0.195 e. The molecular formula is C10H15N3. The zero-order chi connectivity index (χ0) is 9.68. The third-order valence-electron chi connectivity index (χ3n) is 1.88. The highest BCUT2D eigenvalue weighted by Crippen LogP contribution is 2.07. The van der Waals surface area contributed by atoms with Crippen molar-refractivity contribution in [2.75, 3.05) is 13.1 Å². The zero-order valence-corrected chi connectivity index (χ0v) is 7.90. The first-order chi connectivity index (χ1) is 6.25. The minimum atomic E-state index is 0.612. The number of allylic oxidation sites excluding steroid dienone is 5. The van der Waals surface area contributed by atoms with Gasteiger partial charge in [-0.2, -0.15) is 0 Å². The molecule has 3 nitrogen and oxygen atoms in total. The van der Waals surface area contributed by atoms with E-state index in [2.05, 4.69) is 11.6 Å².